The van der Waals surface area contributed by atoms with Crippen LogP contribution in [0.25, 0.3) is 0 Å². The number of aliphatic carboxylic acids is 1. The normalized spacial score (nSPS) is 18.2. The first kappa shape index (κ1) is 25.7. The predicted octanol–water partition coefficient (Wildman–Crippen LogP) is 3.04. The van der Waals surface area contributed by atoms with Gasteiger partial charge in [0.1, 0.15) is 6.04 Å². The molecule has 2 amide bonds. The molecule has 2 aromatic rings. The first-order valence-corrected chi connectivity index (χ1v) is 12.9. The van der Waals surface area contributed by atoms with Crippen molar-refractivity contribution in [3.8, 4) is 0 Å². The third-order valence-corrected chi connectivity index (χ3v) is 7.10. The Kier molecular flexibility index (Phi) is 8.95. The molecule has 0 unspecified atom stereocenters. The number of carboxylic acids is 1. The third-order valence-electron chi connectivity index (χ3n) is 7.10. The molecule has 2 heterocycles. The topological polar surface area (TPSA) is 111 Å². The highest BCUT2D eigenvalue weighted by atomic mass is 16.4. The van der Waals surface area contributed by atoms with E-state index >= 15 is 0 Å². The number of carbonyl (C=O) groups excluding carboxylic acids is 2. The lowest BCUT2D eigenvalue weighted by atomic mass is 9.93. The molecule has 36 heavy (non-hydrogen) atoms. The van der Waals surface area contributed by atoms with Crippen molar-refractivity contribution in [1.29, 1.82) is 0 Å². The maximum absolute atomic E-state index is 13.2. The van der Waals surface area contributed by atoms with Crippen molar-refractivity contribution in [2.75, 3.05) is 31.5 Å². The summed E-state index contributed by atoms with van der Waals surface area (Å²) in [5, 5.41) is 18.9. The second-order valence-electron chi connectivity index (χ2n) is 9.75. The van der Waals surface area contributed by atoms with Crippen LogP contribution in [0, 0.1) is 5.92 Å². The number of nitrogens with zero attached hydrogens (tertiary/aromatic N) is 1. The lowest BCUT2D eigenvalue weighted by molar-refractivity contribution is -0.141. The van der Waals surface area contributed by atoms with Crippen molar-refractivity contribution in [1.82, 2.24) is 15.5 Å². The Balaban J connectivity index is 1.40. The van der Waals surface area contributed by atoms with Gasteiger partial charge in [-0.15, -0.1) is 0 Å². The molecule has 0 saturated carbocycles. The van der Waals surface area contributed by atoms with E-state index < -0.39 is 12.0 Å². The molecule has 2 aliphatic heterocycles. The Morgan fingerprint density at radius 3 is 2.61 bits per heavy atom. The molecule has 1 atom stereocenters. The van der Waals surface area contributed by atoms with Crippen molar-refractivity contribution in [2.45, 2.75) is 51.1 Å². The summed E-state index contributed by atoms with van der Waals surface area (Å²) in [6.45, 7) is 3.63. The highest BCUT2D eigenvalue weighted by Crippen LogP contribution is 2.26. The number of amides is 2. The Morgan fingerprint density at radius 2 is 1.86 bits per heavy atom. The summed E-state index contributed by atoms with van der Waals surface area (Å²) in [5.74, 6) is -0.715. The van der Waals surface area contributed by atoms with Gasteiger partial charge in [0.15, 0.2) is 0 Å². The largest absolute Gasteiger partial charge is 0.481 e. The van der Waals surface area contributed by atoms with Gasteiger partial charge in [-0.1, -0.05) is 36.4 Å². The third kappa shape index (κ3) is 7.07. The number of carbonyl (C=O) groups is 3. The van der Waals surface area contributed by atoms with Gasteiger partial charge in [-0.05, 0) is 74.4 Å². The maximum atomic E-state index is 13.2. The van der Waals surface area contributed by atoms with Gasteiger partial charge >= 0.3 is 5.97 Å². The van der Waals surface area contributed by atoms with Crippen LogP contribution in [0.3, 0.4) is 0 Å². The zero-order valence-corrected chi connectivity index (χ0v) is 20.7. The number of benzene rings is 2. The number of fused-ring (bicyclic) bond motifs is 1. The summed E-state index contributed by atoms with van der Waals surface area (Å²) in [4.78, 5) is 39.2. The summed E-state index contributed by atoms with van der Waals surface area (Å²) in [6, 6.07) is 14.4. The van der Waals surface area contributed by atoms with Crippen LogP contribution in [-0.4, -0.2) is 60.0 Å². The van der Waals surface area contributed by atoms with E-state index in [2.05, 4.69) is 16.0 Å². The summed E-state index contributed by atoms with van der Waals surface area (Å²) in [6.07, 6.45) is 4.81. The fourth-order valence-corrected chi connectivity index (χ4v) is 5.02. The van der Waals surface area contributed by atoms with Gasteiger partial charge in [0.25, 0.3) is 5.91 Å². The molecule has 4 N–H and O–H groups in total. The van der Waals surface area contributed by atoms with Crippen molar-refractivity contribution < 1.29 is 19.5 Å². The van der Waals surface area contributed by atoms with E-state index in [0.717, 1.165) is 43.0 Å². The van der Waals surface area contributed by atoms with E-state index in [9.17, 15) is 19.5 Å². The van der Waals surface area contributed by atoms with Crippen LogP contribution in [-0.2, 0) is 22.6 Å². The molecule has 2 aliphatic rings. The van der Waals surface area contributed by atoms with E-state index in [1.165, 1.54) is 12.8 Å². The second-order valence-corrected chi connectivity index (χ2v) is 9.75. The predicted molar refractivity (Wildman–Crippen MR) is 139 cm³/mol. The van der Waals surface area contributed by atoms with E-state index in [-0.39, 0.29) is 18.2 Å². The fourth-order valence-electron chi connectivity index (χ4n) is 5.02. The van der Waals surface area contributed by atoms with Crippen molar-refractivity contribution >= 4 is 23.5 Å². The number of piperidine rings is 1. The van der Waals surface area contributed by atoms with Crippen molar-refractivity contribution in [2.24, 2.45) is 5.92 Å². The molecule has 0 spiro atoms. The van der Waals surface area contributed by atoms with Gasteiger partial charge in [-0.25, -0.2) is 0 Å². The molecular weight excluding hydrogens is 456 g/mol. The van der Waals surface area contributed by atoms with Crippen LogP contribution in [0.1, 0.15) is 53.6 Å². The van der Waals surface area contributed by atoms with Crippen molar-refractivity contribution in [3.05, 3.63) is 65.2 Å². The van der Waals surface area contributed by atoms with Gasteiger partial charge in [0, 0.05) is 30.9 Å². The minimum atomic E-state index is -1.05. The van der Waals surface area contributed by atoms with E-state index in [1.54, 1.807) is 17.0 Å². The Labute approximate surface area is 212 Å². The van der Waals surface area contributed by atoms with Gasteiger partial charge in [-0.3, -0.25) is 14.4 Å². The molecule has 2 aromatic carbocycles. The first-order valence-electron chi connectivity index (χ1n) is 12.9. The molecule has 8 nitrogen and oxygen atoms in total. The van der Waals surface area contributed by atoms with Gasteiger partial charge in [0.05, 0.1) is 6.42 Å². The number of hydrogen-bond donors (Lipinski definition) is 4. The fraction of sp³-hybridized carbons (Fsp3) is 0.464. The number of hydrogen-bond acceptors (Lipinski definition) is 5. The summed E-state index contributed by atoms with van der Waals surface area (Å²) in [7, 11) is 0. The zero-order valence-electron chi connectivity index (χ0n) is 20.7. The van der Waals surface area contributed by atoms with Crippen LogP contribution in [0.5, 0.6) is 0 Å². The van der Waals surface area contributed by atoms with E-state index in [0.29, 0.717) is 37.3 Å². The number of anilines is 1. The monoisotopic (exact) mass is 492 g/mol. The molecule has 8 heteroatoms. The molecule has 0 aliphatic carbocycles. The molecule has 192 valence electrons. The summed E-state index contributed by atoms with van der Waals surface area (Å²) >= 11 is 0. The highest BCUT2D eigenvalue weighted by Gasteiger charge is 2.31. The van der Waals surface area contributed by atoms with Crippen LogP contribution >= 0.6 is 0 Å². The lowest BCUT2D eigenvalue weighted by Crippen LogP contribution is -2.42. The SMILES string of the molecule is O=C(O)C[C@H]1Nc2cc(C(=O)NCCCC3CCNCC3)ccc2CN(CCc2ccccc2)C1=O. The number of rotatable bonds is 10. The minimum absolute atomic E-state index is 0.156. The average Bonchev–Trinajstić information content (AvgIpc) is 3.02. The first-order chi connectivity index (χ1) is 17.5. The van der Waals surface area contributed by atoms with Crippen LogP contribution in [0.2, 0.25) is 0 Å². The quantitative estimate of drug-likeness (QED) is 0.380. The zero-order chi connectivity index (χ0) is 25.3. The molecular formula is C28H36N4O4. The van der Waals surface area contributed by atoms with Crippen LogP contribution in [0.4, 0.5) is 5.69 Å². The number of carboxylic acid groups (broad SMARTS) is 1. The van der Waals surface area contributed by atoms with Crippen LogP contribution < -0.4 is 16.0 Å². The van der Waals surface area contributed by atoms with Crippen LogP contribution in [0.15, 0.2) is 48.5 Å². The average molecular weight is 493 g/mol. The van der Waals surface area contributed by atoms with Crippen molar-refractivity contribution in [3.63, 3.8) is 0 Å². The smallest absolute Gasteiger partial charge is 0.305 e. The lowest BCUT2D eigenvalue weighted by Gasteiger charge is -2.24. The second kappa shape index (κ2) is 12.5. The van der Waals surface area contributed by atoms with E-state index in [4.69, 9.17) is 0 Å². The molecule has 1 fully saturated rings. The number of nitrogens with one attached hydrogen (secondary N) is 3. The standard InChI is InChI=1S/C28H36N4O4/c33-26(34)18-25-28(36)32(16-12-20-5-2-1-3-6-20)19-23-9-8-22(17-24(23)31-25)27(35)30-13-4-7-21-10-14-29-15-11-21/h1-3,5-6,8-9,17,21,25,29,31H,4,7,10-16,18-19H2,(H,30,35)(H,33,34)/t25-/m1/s1. The Morgan fingerprint density at radius 1 is 1.08 bits per heavy atom. The summed E-state index contributed by atoms with van der Waals surface area (Å²) in [5.41, 5.74) is 3.12. The Bertz CT molecular complexity index is 1050. The van der Waals surface area contributed by atoms with Gasteiger partial charge in [-0.2, -0.15) is 0 Å². The Hall–Kier alpha value is -3.39. The molecule has 0 bridgehead atoms. The van der Waals surface area contributed by atoms with E-state index in [1.807, 2.05) is 36.4 Å². The molecule has 0 radical (unpaired) electrons. The maximum Gasteiger partial charge on any atom is 0.305 e. The molecule has 4 rings (SSSR count). The van der Waals surface area contributed by atoms with Gasteiger partial charge < -0.3 is 26.0 Å². The molecule has 1 saturated heterocycles. The summed E-state index contributed by atoms with van der Waals surface area (Å²) < 4.78 is 0. The molecule has 0 aromatic heterocycles. The van der Waals surface area contributed by atoms with Gasteiger partial charge in [0.2, 0.25) is 5.91 Å². The minimum Gasteiger partial charge on any atom is -0.481 e. The highest BCUT2D eigenvalue weighted by molar-refractivity contribution is 5.96.